The average Bonchev–Trinajstić information content (AvgIpc) is 0.897. The Morgan fingerprint density at radius 2 is 0.440 bits per heavy atom. The first-order valence-electron chi connectivity index (χ1n) is 46.6. The van der Waals surface area contributed by atoms with Gasteiger partial charge < -0.3 is 33.8 Å². The van der Waals surface area contributed by atoms with E-state index in [1.807, 2.05) is 0 Å². The van der Waals surface area contributed by atoms with Gasteiger partial charge in [-0.2, -0.15) is 0 Å². The lowest BCUT2D eigenvalue weighted by Gasteiger charge is -2.21. The molecule has 0 aliphatic carbocycles. The summed E-state index contributed by atoms with van der Waals surface area (Å²) in [4.78, 5) is 73.4. The highest BCUT2D eigenvalue weighted by Gasteiger charge is 2.31. The summed E-state index contributed by atoms with van der Waals surface area (Å²) in [5.74, 6) is -0.399. The van der Waals surface area contributed by atoms with E-state index < -0.39 is 97.5 Å². The van der Waals surface area contributed by atoms with Crippen LogP contribution >= 0.6 is 15.6 Å². The number of phosphoric ester groups is 2. The number of carbonyl (C=O) groups is 4. The van der Waals surface area contributed by atoms with Crippen LogP contribution in [0.5, 0.6) is 0 Å². The summed E-state index contributed by atoms with van der Waals surface area (Å²) in [5, 5.41) is 10.7. The lowest BCUT2D eigenvalue weighted by molar-refractivity contribution is -0.161. The third-order valence-corrected chi connectivity index (χ3v) is 23.8. The molecule has 0 heterocycles. The minimum Gasteiger partial charge on any atom is -0.462 e. The number of aliphatic hydroxyl groups excluding tert-OH is 1. The number of ether oxygens (including phenoxy) is 4. The number of carbonyl (C=O) groups excluding carboxylic acids is 4. The Morgan fingerprint density at radius 3 is 0.651 bits per heavy atom. The van der Waals surface area contributed by atoms with Crippen LogP contribution in [0.25, 0.3) is 0 Å². The molecule has 0 spiro atoms. The van der Waals surface area contributed by atoms with E-state index in [0.29, 0.717) is 25.7 Å². The number of aliphatic hydroxyl groups is 1. The van der Waals surface area contributed by atoms with Crippen LogP contribution in [0, 0.1) is 11.8 Å². The van der Waals surface area contributed by atoms with Crippen molar-refractivity contribution in [2.24, 2.45) is 11.8 Å². The van der Waals surface area contributed by atoms with Gasteiger partial charge >= 0.3 is 39.5 Å². The fraction of sp³-hybridized carbons (Fsp3) is 0.956. The SMILES string of the molecule is CCCCCCCCCCCCCCCCCCCCCCCC(=O)O[C@H](COC(=O)CCCCCCCCCCCCCCCCC(C)CC)COP(=O)(O)OC[C@@H](O)COP(=O)(O)OC[C@@H](COC(=O)CCCCCCCCCCCCCC)OC(=O)CCCCCCCCCCCCCCCCC(C)CC. The molecule has 17 nitrogen and oxygen atoms in total. The van der Waals surface area contributed by atoms with Gasteiger partial charge in [0.1, 0.15) is 19.3 Å². The fourth-order valence-electron chi connectivity index (χ4n) is 14.1. The van der Waals surface area contributed by atoms with Crippen molar-refractivity contribution in [3.05, 3.63) is 0 Å². The van der Waals surface area contributed by atoms with Gasteiger partial charge in [-0.1, -0.05) is 433 Å². The summed E-state index contributed by atoms with van der Waals surface area (Å²) in [6, 6.07) is 0. The van der Waals surface area contributed by atoms with Crippen LogP contribution in [-0.4, -0.2) is 96.7 Å². The third-order valence-electron chi connectivity index (χ3n) is 21.9. The standard InChI is InChI=1S/C90H176O17P2/c1-7-11-13-15-17-19-21-23-24-25-26-27-28-29-30-38-44-50-56-62-68-74-89(94)107-86(79-101-88(93)73-67-61-55-49-43-37-33-31-35-40-46-52-58-64-70-82(5)9-3)81-105-109(98,99)103-77-84(91)76-102-108(96,97)104-80-85(78-100-87(92)72-66-60-54-48-42-22-20-18-16-14-12-8-2)106-90(95)75-69-63-57-51-45-39-34-32-36-41-47-53-59-65-71-83(6)10-4/h82-86,91H,7-81H2,1-6H3,(H,96,97)(H,98,99)/t82?,83?,84-,85+,86+/m0/s1. The summed E-state index contributed by atoms with van der Waals surface area (Å²) in [7, 11) is -9.93. The molecular formula is C90H176O17P2. The van der Waals surface area contributed by atoms with Gasteiger partial charge in [0.25, 0.3) is 0 Å². The molecule has 0 aliphatic heterocycles. The third kappa shape index (κ3) is 81.0. The summed E-state index contributed by atoms with van der Waals surface area (Å²) in [6.07, 6.45) is 74.8. The molecular weight excluding hydrogens is 1410 g/mol. The molecule has 0 aromatic rings. The van der Waals surface area contributed by atoms with Gasteiger partial charge in [0.05, 0.1) is 26.4 Å². The average molecular weight is 1590 g/mol. The Hall–Kier alpha value is -1.94. The quantitative estimate of drug-likeness (QED) is 0.0222. The zero-order chi connectivity index (χ0) is 79.9. The lowest BCUT2D eigenvalue weighted by Crippen LogP contribution is -2.30. The molecule has 648 valence electrons. The zero-order valence-corrected chi connectivity index (χ0v) is 73.7. The maximum atomic E-state index is 13.2. The maximum Gasteiger partial charge on any atom is 0.472 e. The van der Waals surface area contributed by atoms with Crippen molar-refractivity contribution in [3.8, 4) is 0 Å². The van der Waals surface area contributed by atoms with Crippen molar-refractivity contribution in [2.45, 2.75) is 503 Å². The van der Waals surface area contributed by atoms with Gasteiger partial charge in [0, 0.05) is 25.7 Å². The Morgan fingerprint density at radius 1 is 0.257 bits per heavy atom. The monoisotopic (exact) mass is 1590 g/mol. The summed E-state index contributed by atoms with van der Waals surface area (Å²) in [6.45, 7) is 9.81. The predicted octanol–water partition coefficient (Wildman–Crippen LogP) is 27.8. The second kappa shape index (κ2) is 81.2. The largest absolute Gasteiger partial charge is 0.472 e. The van der Waals surface area contributed by atoms with E-state index in [1.165, 1.54) is 302 Å². The Bertz CT molecular complexity index is 2080. The Labute approximate surface area is 670 Å². The topological polar surface area (TPSA) is 237 Å². The number of rotatable bonds is 89. The number of esters is 4. The van der Waals surface area contributed by atoms with Crippen molar-refractivity contribution in [3.63, 3.8) is 0 Å². The molecule has 4 unspecified atom stereocenters. The van der Waals surface area contributed by atoms with Gasteiger partial charge in [0.2, 0.25) is 0 Å². The first kappa shape index (κ1) is 107. The van der Waals surface area contributed by atoms with Crippen LogP contribution in [0.3, 0.4) is 0 Å². The van der Waals surface area contributed by atoms with E-state index in [9.17, 15) is 43.2 Å². The van der Waals surface area contributed by atoms with E-state index in [1.54, 1.807) is 0 Å². The first-order valence-corrected chi connectivity index (χ1v) is 49.6. The second-order valence-corrected chi connectivity index (χ2v) is 35.7. The molecule has 0 aromatic carbocycles. The van der Waals surface area contributed by atoms with Crippen molar-refractivity contribution >= 4 is 39.5 Å². The molecule has 0 amide bonds. The molecule has 0 fully saturated rings. The summed E-state index contributed by atoms with van der Waals surface area (Å²) in [5.41, 5.74) is 0. The van der Waals surface area contributed by atoms with E-state index in [-0.39, 0.29) is 25.7 Å². The van der Waals surface area contributed by atoms with Crippen molar-refractivity contribution in [1.29, 1.82) is 0 Å². The van der Waals surface area contributed by atoms with E-state index >= 15 is 0 Å². The van der Waals surface area contributed by atoms with E-state index in [2.05, 4.69) is 41.5 Å². The second-order valence-electron chi connectivity index (χ2n) is 32.8. The molecule has 19 heteroatoms. The van der Waals surface area contributed by atoms with Gasteiger partial charge in [-0.25, -0.2) is 9.13 Å². The van der Waals surface area contributed by atoms with E-state index in [4.69, 9.17) is 37.0 Å². The van der Waals surface area contributed by atoms with Crippen molar-refractivity contribution in [2.75, 3.05) is 39.6 Å². The van der Waals surface area contributed by atoms with Crippen LogP contribution < -0.4 is 0 Å². The van der Waals surface area contributed by atoms with E-state index in [0.717, 1.165) is 102 Å². The normalized spacial score (nSPS) is 14.2. The molecule has 0 saturated heterocycles. The highest BCUT2D eigenvalue weighted by atomic mass is 31.2. The number of phosphoric acid groups is 2. The van der Waals surface area contributed by atoms with Gasteiger partial charge in [0.15, 0.2) is 12.2 Å². The lowest BCUT2D eigenvalue weighted by atomic mass is 9.99. The molecule has 7 atom stereocenters. The molecule has 0 saturated carbocycles. The van der Waals surface area contributed by atoms with Crippen molar-refractivity contribution < 1.29 is 80.2 Å². The molecule has 109 heavy (non-hydrogen) atoms. The van der Waals surface area contributed by atoms with Gasteiger partial charge in [-0.05, 0) is 37.5 Å². The minimum atomic E-state index is -4.97. The molecule has 0 bridgehead atoms. The zero-order valence-electron chi connectivity index (χ0n) is 71.9. The van der Waals surface area contributed by atoms with Crippen LogP contribution in [0.4, 0.5) is 0 Å². The highest BCUT2D eigenvalue weighted by molar-refractivity contribution is 7.47. The van der Waals surface area contributed by atoms with Crippen molar-refractivity contribution in [1.82, 2.24) is 0 Å². The summed E-state index contributed by atoms with van der Waals surface area (Å²) < 4.78 is 69.1. The van der Waals surface area contributed by atoms with Crippen LogP contribution in [-0.2, 0) is 65.4 Å². The Kier molecular flexibility index (Phi) is 79.8. The smallest absolute Gasteiger partial charge is 0.462 e. The maximum absolute atomic E-state index is 13.2. The summed E-state index contributed by atoms with van der Waals surface area (Å²) >= 11 is 0. The molecule has 3 N–H and O–H groups in total. The predicted molar refractivity (Wildman–Crippen MR) is 451 cm³/mol. The van der Waals surface area contributed by atoms with Crippen LogP contribution in [0.1, 0.15) is 485 Å². The van der Waals surface area contributed by atoms with Gasteiger partial charge in [-0.15, -0.1) is 0 Å². The highest BCUT2D eigenvalue weighted by Crippen LogP contribution is 2.45. The van der Waals surface area contributed by atoms with Crippen LogP contribution in [0.15, 0.2) is 0 Å². The number of hydrogen-bond donors (Lipinski definition) is 3. The molecule has 0 aromatic heterocycles. The minimum absolute atomic E-state index is 0.108. The molecule has 0 radical (unpaired) electrons. The molecule has 0 aliphatic rings. The Balaban J connectivity index is 5.26. The van der Waals surface area contributed by atoms with Gasteiger partial charge in [-0.3, -0.25) is 37.3 Å². The number of unbranched alkanes of at least 4 members (excludes halogenated alkanes) is 57. The first-order chi connectivity index (χ1) is 52.9. The van der Waals surface area contributed by atoms with Crippen LogP contribution in [0.2, 0.25) is 0 Å². The molecule has 0 rings (SSSR count). The number of hydrogen-bond acceptors (Lipinski definition) is 15. The fourth-order valence-corrected chi connectivity index (χ4v) is 15.6.